The molecule has 2 unspecified atom stereocenters. The highest BCUT2D eigenvalue weighted by atomic mass is 79.9. The van der Waals surface area contributed by atoms with Crippen molar-refractivity contribution < 1.29 is 4.21 Å². The first kappa shape index (κ1) is 16.4. The van der Waals surface area contributed by atoms with Crippen LogP contribution < -0.4 is 5.73 Å². The lowest BCUT2D eigenvalue weighted by Gasteiger charge is -2.12. The summed E-state index contributed by atoms with van der Waals surface area (Å²) in [7, 11) is -1.09. The summed E-state index contributed by atoms with van der Waals surface area (Å²) >= 11 is 3.40. The maximum Gasteiger partial charge on any atom is 0.0549 e. The normalized spacial score (nSPS) is 13.9. The summed E-state index contributed by atoms with van der Waals surface area (Å²) < 4.78 is 13.3. The lowest BCUT2D eigenvalue weighted by molar-refractivity contribution is 0.675. The third-order valence-electron chi connectivity index (χ3n) is 3.34. The van der Waals surface area contributed by atoms with Crippen LogP contribution >= 0.6 is 15.9 Å². The van der Waals surface area contributed by atoms with Gasteiger partial charge in [0, 0.05) is 21.2 Å². The van der Waals surface area contributed by atoms with E-state index in [9.17, 15) is 4.21 Å². The smallest absolute Gasteiger partial charge is 0.0549 e. The molecule has 2 N–H and O–H groups in total. The van der Waals surface area contributed by atoms with Crippen LogP contribution in [0.5, 0.6) is 0 Å². The zero-order chi connectivity index (χ0) is 15.2. The average Bonchev–Trinajstić information content (AvgIpc) is 2.48. The molecule has 0 bridgehead atoms. The molecule has 112 valence electrons. The first-order valence-corrected chi connectivity index (χ1v) is 9.19. The van der Waals surface area contributed by atoms with Gasteiger partial charge in [-0.2, -0.15) is 0 Å². The second-order valence-electron chi connectivity index (χ2n) is 5.07. The Hall–Kier alpha value is -0.970. The van der Waals surface area contributed by atoms with E-state index in [1.807, 2.05) is 36.4 Å². The van der Waals surface area contributed by atoms with Gasteiger partial charge in [0.05, 0.1) is 10.8 Å². The third kappa shape index (κ3) is 4.77. The monoisotopic (exact) mass is 365 g/mol. The molecule has 0 amide bonds. The maximum atomic E-state index is 12.4. The van der Waals surface area contributed by atoms with Gasteiger partial charge in [-0.3, -0.25) is 4.21 Å². The van der Waals surface area contributed by atoms with Crippen molar-refractivity contribution in [3.05, 3.63) is 64.1 Å². The summed E-state index contributed by atoms with van der Waals surface area (Å²) in [5.41, 5.74) is 8.55. The van der Waals surface area contributed by atoms with Crippen LogP contribution in [-0.4, -0.2) is 9.96 Å². The summed E-state index contributed by atoms with van der Waals surface area (Å²) in [6.07, 6.45) is 2.22. The molecule has 0 fully saturated rings. The lowest BCUT2D eigenvalue weighted by atomic mass is 10.0. The molecule has 0 radical (unpaired) electrons. The van der Waals surface area contributed by atoms with Crippen molar-refractivity contribution in [1.29, 1.82) is 0 Å². The van der Waals surface area contributed by atoms with Crippen molar-refractivity contribution >= 4 is 26.7 Å². The van der Waals surface area contributed by atoms with E-state index in [4.69, 9.17) is 5.73 Å². The van der Waals surface area contributed by atoms with Gasteiger partial charge in [0.2, 0.25) is 0 Å². The van der Waals surface area contributed by atoms with Crippen LogP contribution in [0, 0.1) is 0 Å². The van der Waals surface area contributed by atoms with Crippen LogP contribution in [0.1, 0.15) is 30.5 Å². The highest BCUT2D eigenvalue weighted by molar-refractivity contribution is 9.10. The highest BCUT2D eigenvalue weighted by Crippen LogP contribution is 2.19. The number of hydrogen-bond donors (Lipinski definition) is 1. The Kier molecular flexibility index (Phi) is 6.15. The van der Waals surface area contributed by atoms with Crippen molar-refractivity contribution in [2.45, 2.75) is 30.7 Å². The highest BCUT2D eigenvalue weighted by Gasteiger charge is 2.12. The Labute approximate surface area is 137 Å². The van der Waals surface area contributed by atoms with Gasteiger partial charge in [0.25, 0.3) is 0 Å². The van der Waals surface area contributed by atoms with Crippen LogP contribution in [0.15, 0.2) is 57.9 Å². The van der Waals surface area contributed by atoms with E-state index < -0.39 is 10.8 Å². The molecule has 0 aliphatic carbocycles. The molecule has 2 rings (SSSR count). The predicted octanol–water partition coefficient (Wildman–Crippen LogP) is 4.21. The minimum atomic E-state index is -1.09. The van der Waals surface area contributed by atoms with Crippen molar-refractivity contribution in [2.75, 3.05) is 5.75 Å². The molecule has 0 saturated carbocycles. The Morgan fingerprint density at radius 3 is 2.52 bits per heavy atom. The van der Waals surface area contributed by atoms with Crippen molar-refractivity contribution in [3.8, 4) is 0 Å². The number of benzene rings is 2. The molecule has 0 aliphatic heterocycles. The van der Waals surface area contributed by atoms with Gasteiger partial charge < -0.3 is 5.73 Å². The summed E-state index contributed by atoms with van der Waals surface area (Å²) in [6.45, 7) is 2.17. The van der Waals surface area contributed by atoms with Crippen molar-refractivity contribution in [3.63, 3.8) is 0 Å². The van der Waals surface area contributed by atoms with Gasteiger partial charge >= 0.3 is 0 Å². The van der Waals surface area contributed by atoms with Gasteiger partial charge in [-0.05, 0) is 35.7 Å². The minimum absolute atomic E-state index is 0.208. The molecular weight excluding hydrogens is 346 g/mol. The Balaban J connectivity index is 2.03. The fourth-order valence-corrected chi connectivity index (χ4v) is 3.93. The minimum Gasteiger partial charge on any atom is -0.323 e. The predicted molar refractivity (Wildman–Crippen MR) is 92.8 cm³/mol. The van der Waals surface area contributed by atoms with E-state index in [2.05, 4.69) is 35.0 Å². The summed E-state index contributed by atoms with van der Waals surface area (Å²) in [6, 6.07) is 15.7. The van der Waals surface area contributed by atoms with E-state index in [0.29, 0.717) is 5.75 Å². The van der Waals surface area contributed by atoms with Gasteiger partial charge in [-0.25, -0.2) is 0 Å². The first-order chi connectivity index (χ1) is 10.1. The van der Waals surface area contributed by atoms with Gasteiger partial charge in [-0.15, -0.1) is 0 Å². The summed E-state index contributed by atoms with van der Waals surface area (Å²) in [4.78, 5) is 0.808. The fraction of sp³-hybridized carbons (Fsp3) is 0.294. The van der Waals surface area contributed by atoms with Crippen molar-refractivity contribution in [2.24, 2.45) is 5.73 Å². The Morgan fingerprint density at radius 1 is 1.19 bits per heavy atom. The second-order valence-corrected chi connectivity index (χ2v) is 7.48. The molecule has 0 aromatic heterocycles. The van der Waals surface area contributed by atoms with Gasteiger partial charge in [-0.1, -0.05) is 59.6 Å². The summed E-state index contributed by atoms with van der Waals surface area (Å²) in [5.74, 6) is 0.434. The van der Waals surface area contributed by atoms with Crippen LogP contribution in [0.25, 0.3) is 0 Å². The summed E-state index contributed by atoms with van der Waals surface area (Å²) in [5, 5.41) is 0. The third-order valence-corrected chi connectivity index (χ3v) is 5.27. The molecular formula is C17H20BrNOS. The van der Waals surface area contributed by atoms with Gasteiger partial charge in [0.1, 0.15) is 0 Å². The molecule has 0 saturated heterocycles. The van der Waals surface area contributed by atoms with E-state index in [-0.39, 0.29) is 6.04 Å². The zero-order valence-corrected chi connectivity index (χ0v) is 14.5. The topological polar surface area (TPSA) is 43.1 Å². The number of aryl methyl sites for hydroxylation is 1. The van der Waals surface area contributed by atoms with Gasteiger partial charge in [0.15, 0.2) is 0 Å². The van der Waals surface area contributed by atoms with E-state index in [0.717, 1.165) is 27.8 Å². The average molecular weight is 366 g/mol. The Bertz CT molecular complexity index is 612. The molecule has 0 aliphatic rings. The molecule has 2 aromatic rings. The molecule has 0 spiro atoms. The molecule has 21 heavy (non-hydrogen) atoms. The number of nitrogens with two attached hydrogens (primary N) is 1. The van der Waals surface area contributed by atoms with Crippen LogP contribution in [0.4, 0.5) is 0 Å². The van der Waals surface area contributed by atoms with E-state index >= 15 is 0 Å². The molecule has 2 atom stereocenters. The molecule has 4 heteroatoms. The maximum absolute atomic E-state index is 12.4. The van der Waals surface area contributed by atoms with Crippen LogP contribution in [0.2, 0.25) is 0 Å². The van der Waals surface area contributed by atoms with Crippen molar-refractivity contribution in [1.82, 2.24) is 0 Å². The number of halogens is 1. The number of rotatable bonds is 6. The Morgan fingerprint density at radius 2 is 1.90 bits per heavy atom. The largest absolute Gasteiger partial charge is 0.323 e. The fourth-order valence-electron chi connectivity index (χ4n) is 2.18. The lowest BCUT2D eigenvalue weighted by Crippen LogP contribution is -2.18. The van der Waals surface area contributed by atoms with E-state index in [1.165, 1.54) is 5.56 Å². The second kappa shape index (κ2) is 7.87. The van der Waals surface area contributed by atoms with E-state index in [1.54, 1.807) is 0 Å². The zero-order valence-electron chi connectivity index (χ0n) is 12.1. The van der Waals surface area contributed by atoms with Crippen LogP contribution in [0.3, 0.4) is 0 Å². The molecule has 0 heterocycles. The SMILES string of the molecule is CCCc1ccc(C(N)CS(=O)c2cccc(Br)c2)cc1. The number of hydrogen-bond acceptors (Lipinski definition) is 2. The quantitative estimate of drug-likeness (QED) is 0.832. The molecule has 2 aromatic carbocycles. The standard InChI is InChI=1S/C17H20BrNOS/c1-2-4-13-7-9-14(10-8-13)17(19)12-21(20)16-6-3-5-15(18)11-16/h3,5-11,17H,2,4,12,19H2,1H3. The first-order valence-electron chi connectivity index (χ1n) is 7.08. The molecule has 2 nitrogen and oxygen atoms in total. The van der Waals surface area contributed by atoms with Crippen LogP contribution in [-0.2, 0) is 17.2 Å².